The third-order valence-electron chi connectivity index (χ3n) is 8.71. The highest BCUT2D eigenvalue weighted by Gasteiger charge is 2.43. The first-order chi connectivity index (χ1) is 21.1. The van der Waals surface area contributed by atoms with E-state index in [0.717, 1.165) is 18.5 Å². The van der Waals surface area contributed by atoms with Crippen molar-refractivity contribution in [2.75, 3.05) is 19.6 Å². The first kappa shape index (κ1) is 32.6. The average Bonchev–Trinajstić information content (AvgIpc) is 3.65. The van der Waals surface area contributed by atoms with Gasteiger partial charge in [-0.2, -0.15) is 18.2 Å². The molecule has 9 nitrogen and oxygen atoms in total. The van der Waals surface area contributed by atoms with Gasteiger partial charge < -0.3 is 18.6 Å². The van der Waals surface area contributed by atoms with Crippen molar-refractivity contribution in [1.82, 2.24) is 20.2 Å². The monoisotopic (exact) mass is 642 g/mol. The van der Waals surface area contributed by atoms with Crippen LogP contribution in [0.5, 0.6) is 0 Å². The molecule has 3 heterocycles. The molecule has 45 heavy (non-hydrogen) atoms. The van der Waals surface area contributed by atoms with E-state index in [4.69, 9.17) is 13.5 Å². The van der Waals surface area contributed by atoms with E-state index in [-0.39, 0.29) is 28.2 Å². The van der Waals surface area contributed by atoms with Gasteiger partial charge in [-0.15, -0.1) is 0 Å². The summed E-state index contributed by atoms with van der Waals surface area (Å²) >= 11 is 0. The van der Waals surface area contributed by atoms with Gasteiger partial charge >= 0.3 is 12.1 Å². The Morgan fingerprint density at radius 2 is 1.73 bits per heavy atom. The molecule has 1 N–H and O–H groups in total. The molecule has 0 bridgehead atoms. The summed E-state index contributed by atoms with van der Waals surface area (Å²) in [7, 11) is -2.22. The number of benzene rings is 2. The third kappa shape index (κ3) is 7.20. The van der Waals surface area contributed by atoms with E-state index in [1.54, 1.807) is 30.3 Å². The minimum Gasteiger partial charge on any atom is -0.481 e. The first-order valence-corrected chi connectivity index (χ1v) is 17.7. The van der Waals surface area contributed by atoms with Crippen LogP contribution in [0.2, 0.25) is 18.1 Å². The van der Waals surface area contributed by atoms with Crippen molar-refractivity contribution >= 4 is 14.3 Å². The number of piperidine rings is 1. The second kappa shape index (κ2) is 12.5. The van der Waals surface area contributed by atoms with Crippen molar-refractivity contribution in [3.8, 4) is 34.3 Å². The van der Waals surface area contributed by atoms with Gasteiger partial charge in [-0.25, -0.2) is 0 Å². The Morgan fingerprint density at radius 1 is 1.04 bits per heavy atom. The lowest BCUT2D eigenvalue weighted by atomic mass is 9.97. The summed E-state index contributed by atoms with van der Waals surface area (Å²) in [6.45, 7) is 12.6. The second-order valence-corrected chi connectivity index (χ2v) is 17.7. The van der Waals surface area contributed by atoms with Crippen LogP contribution in [0.4, 0.5) is 13.2 Å². The van der Waals surface area contributed by atoms with E-state index in [1.165, 1.54) is 12.1 Å². The van der Waals surface area contributed by atoms with Crippen LogP contribution in [0.25, 0.3) is 34.3 Å². The van der Waals surface area contributed by atoms with Crippen molar-refractivity contribution in [3.05, 3.63) is 65.7 Å². The van der Waals surface area contributed by atoms with Gasteiger partial charge in [0.15, 0.2) is 8.32 Å². The van der Waals surface area contributed by atoms with E-state index in [0.29, 0.717) is 25.1 Å². The van der Waals surface area contributed by atoms with Gasteiger partial charge in [-0.1, -0.05) is 85.7 Å². The zero-order valence-corrected chi connectivity index (χ0v) is 26.9. The molecule has 4 aromatic rings. The van der Waals surface area contributed by atoms with Crippen molar-refractivity contribution < 1.29 is 36.5 Å². The van der Waals surface area contributed by atoms with Gasteiger partial charge in [0.2, 0.25) is 11.6 Å². The number of aromatic nitrogens is 3. The number of likely N-dealkylation sites (tertiary alicyclic amines) is 1. The van der Waals surface area contributed by atoms with Crippen LogP contribution in [0, 0.1) is 5.92 Å². The normalized spacial score (nSPS) is 17.4. The quantitative estimate of drug-likeness (QED) is 0.182. The zero-order chi connectivity index (χ0) is 32.6. The lowest BCUT2D eigenvalue weighted by Gasteiger charge is -2.41. The summed E-state index contributed by atoms with van der Waals surface area (Å²) in [5.41, 5.74) is 0.214. The maximum atomic E-state index is 14.2. The molecule has 0 amide bonds. The number of carboxylic acid groups (broad SMARTS) is 1. The van der Waals surface area contributed by atoms with Crippen molar-refractivity contribution in [2.45, 2.75) is 64.0 Å². The van der Waals surface area contributed by atoms with Crippen LogP contribution in [0.3, 0.4) is 0 Å². The predicted molar refractivity (Wildman–Crippen MR) is 163 cm³/mol. The molecule has 5 rings (SSSR count). The summed E-state index contributed by atoms with van der Waals surface area (Å²) in [4.78, 5) is 18.0. The number of carbonyl (C=O) groups is 1. The summed E-state index contributed by atoms with van der Waals surface area (Å²) < 4.78 is 59.7. The third-order valence-corrected chi connectivity index (χ3v) is 13.2. The molecule has 0 radical (unpaired) electrons. The zero-order valence-electron chi connectivity index (χ0n) is 25.9. The molecule has 13 heteroatoms. The number of aliphatic carboxylic acids is 1. The fourth-order valence-electron chi connectivity index (χ4n) is 5.17. The summed E-state index contributed by atoms with van der Waals surface area (Å²) in [5.74, 6) is -2.19. The van der Waals surface area contributed by atoms with E-state index < -0.39 is 43.6 Å². The molecular weight excluding hydrogens is 605 g/mol. The summed E-state index contributed by atoms with van der Waals surface area (Å²) in [5, 5.41) is 17.1. The number of nitrogens with zero attached hydrogens (tertiary/aromatic N) is 4. The molecule has 1 fully saturated rings. The predicted octanol–water partition coefficient (Wildman–Crippen LogP) is 7.94. The van der Waals surface area contributed by atoms with E-state index in [9.17, 15) is 23.1 Å². The fourth-order valence-corrected chi connectivity index (χ4v) is 6.45. The summed E-state index contributed by atoms with van der Waals surface area (Å²) in [6, 6.07) is 15.2. The number of rotatable bonds is 9. The van der Waals surface area contributed by atoms with E-state index >= 15 is 0 Å². The van der Waals surface area contributed by atoms with Crippen LogP contribution < -0.4 is 0 Å². The SMILES string of the molecule is CC(C)(C)[Si](C)(C)O[C@H](CN1CCCC(C(=O)O)C1)c1ccc(-c2noc(-c3onc(-c4ccccc4)c3C(F)(F)F)n2)cc1. The molecule has 240 valence electrons. The van der Waals surface area contributed by atoms with Crippen molar-refractivity contribution in [2.24, 2.45) is 5.92 Å². The summed E-state index contributed by atoms with van der Waals surface area (Å²) in [6.07, 6.45) is -3.63. The number of halogens is 3. The lowest BCUT2D eigenvalue weighted by Crippen LogP contribution is -2.46. The molecule has 2 aromatic heterocycles. The van der Waals surface area contributed by atoms with Crippen LogP contribution in [0.15, 0.2) is 63.6 Å². The van der Waals surface area contributed by atoms with Gasteiger partial charge in [0.25, 0.3) is 5.89 Å². The van der Waals surface area contributed by atoms with Gasteiger partial charge in [0, 0.05) is 24.2 Å². The Labute approximate surface area is 260 Å². The largest absolute Gasteiger partial charge is 0.481 e. The topological polar surface area (TPSA) is 115 Å². The highest BCUT2D eigenvalue weighted by atomic mass is 28.4. The Bertz CT molecular complexity index is 1610. The minimum atomic E-state index is -4.78. The van der Waals surface area contributed by atoms with Gasteiger partial charge in [0.05, 0.1) is 12.0 Å². The molecular formula is C32H37F3N4O5Si. The molecule has 2 aromatic carbocycles. The molecule has 0 spiro atoms. The number of hydrogen-bond acceptors (Lipinski definition) is 8. The number of alkyl halides is 3. The first-order valence-electron chi connectivity index (χ1n) is 14.8. The maximum absolute atomic E-state index is 14.2. The van der Waals surface area contributed by atoms with Crippen molar-refractivity contribution in [3.63, 3.8) is 0 Å². The number of carboxylic acids is 1. The molecule has 1 aliphatic heterocycles. The minimum absolute atomic E-state index is 0.0475. The van der Waals surface area contributed by atoms with E-state index in [2.05, 4.69) is 54.1 Å². The van der Waals surface area contributed by atoms with Gasteiger partial charge in [-0.3, -0.25) is 9.69 Å². The molecule has 0 saturated carbocycles. The highest BCUT2D eigenvalue weighted by molar-refractivity contribution is 6.74. The van der Waals surface area contributed by atoms with E-state index in [1.807, 2.05) is 12.1 Å². The molecule has 1 saturated heterocycles. The Morgan fingerprint density at radius 3 is 2.36 bits per heavy atom. The Hall–Kier alpha value is -3.81. The fraction of sp³-hybridized carbons (Fsp3) is 0.438. The van der Waals surface area contributed by atoms with Crippen LogP contribution in [-0.2, 0) is 15.4 Å². The van der Waals surface area contributed by atoms with Crippen LogP contribution >= 0.6 is 0 Å². The highest BCUT2D eigenvalue weighted by Crippen LogP contribution is 2.43. The van der Waals surface area contributed by atoms with Gasteiger partial charge in [0.1, 0.15) is 11.3 Å². The smallest absolute Gasteiger partial charge is 0.422 e. The van der Waals surface area contributed by atoms with Crippen molar-refractivity contribution in [1.29, 1.82) is 0 Å². The molecule has 2 atom stereocenters. The second-order valence-electron chi connectivity index (χ2n) is 12.9. The maximum Gasteiger partial charge on any atom is 0.422 e. The number of hydrogen-bond donors (Lipinski definition) is 1. The average molecular weight is 643 g/mol. The Kier molecular flexibility index (Phi) is 9.07. The standard InChI is InChI=1S/C32H37F3N4O5Si/c1-31(2,3)45(4,5)44-24(19-39-17-9-12-23(18-39)30(40)41)20-13-15-22(16-14-20)28-36-29(43-38-28)27-25(32(33,34)35)26(37-42-27)21-10-7-6-8-11-21/h6-8,10-11,13-16,23-24H,9,12,17-19H2,1-5H3,(H,40,41)/t23?,24-/m1/s1. The molecule has 0 aliphatic carbocycles. The van der Waals surface area contributed by atoms with Crippen LogP contribution in [0.1, 0.15) is 50.8 Å². The van der Waals surface area contributed by atoms with Crippen LogP contribution in [-0.4, -0.2) is 59.2 Å². The van der Waals surface area contributed by atoms with Gasteiger partial charge in [-0.05, 0) is 43.1 Å². The molecule has 1 aliphatic rings. The Balaban J connectivity index is 1.42. The lowest BCUT2D eigenvalue weighted by molar-refractivity contribution is -0.143. The molecule has 1 unspecified atom stereocenters.